The number of hydrogen-bond acceptors (Lipinski definition) is 10. The maximum absolute atomic E-state index is 14.3. The van der Waals surface area contributed by atoms with Crippen molar-refractivity contribution in [2.24, 2.45) is 0 Å². The number of likely N-dealkylation sites (N-methyl/N-ethyl adjacent to an activating group) is 1. The fraction of sp³-hybridized carbons (Fsp3) is 0.543. The molecule has 12 heteroatoms. The average Bonchev–Trinajstić information content (AvgIpc) is 3.08. The van der Waals surface area contributed by atoms with Gasteiger partial charge in [-0.05, 0) is 52.1 Å². The number of anilines is 1. The van der Waals surface area contributed by atoms with Crippen LogP contribution in [0.2, 0.25) is 0 Å². The van der Waals surface area contributed by atoms with Crippen molar-refractivity contribution in [2.75, 3.05) is 71.5 Å². The Balaban J connectivity index is 1.23. The molecule has 11 nitrogen and oxygen atoms in total. The predicted octanol–water partition coefficient (Wildman–Crippen LogP) is 4.66. The Kier molecular flexibility index (Phi) is 12.0. The van der Waals surface area contributed by atoms with E-state index in [1.165, 1.54) is 30.1 Å². The van der Waals surface area contributed by atoms with E-state index in [1.54, 1.807) is 18.2 Å². The Morgan fingerprint density at radius 1 is 1.09 bits per heavy atom. The van der Waals surface area contributed by atoms with Crippen LogP contribution in [0.1, 0.15) is 55.2 Å². The number of piperidine rings is 1. The topological polar surface area (TPSA) is 96.4 Å². The summed E-state index contributed by atoms with van der Waals surface area (Å²) in [5.74, 6) is 1.45. The Bertz CT molecular complexity index is 1480. The molecule has 4 heterocycles. The summed E-state index contributed by atoms with van der Waals surface area (Å²) >= 11 is 0. The average molecular weight is 650 g/mol. The van der Waals surface area contributed by atoms with Crippen LogP contribution in [-0.4, -0.2) is 114 Å². The number of benzene rings is 1. The highest BCUT2D eigenvalue weighted by Gasteiger charge is 2.28. The second kappa shape index (κ2) is 16.3. The summed E-state index contributed by atoms with van der Waals surface area (Å²) in [6.07, 6.45) is 7.51. The van der Waals surface area contributed by atoms with Gasteiger partial charge in [-0.25, -0.2) is 14.4 Å². The quantitative estimate of drug-likeness (QED) is 0.246. The molecule has 1 saturated heterocycles. The maximum atomic E-state index is 14.3. The van der Waals surface area contributed by atoms with Crippen LogP contribution >= 0.6 is 0 Å². The van der Waals surface area contributed by atoms with Crippen molar-refractivity contribution in [3.63, 3.8) is 0 Å². The molecule has 1 fully saturated rings. The molecule has 2 aliphatic rings. The van der Waals surface area contributed by atoms with E-state index < -0.39 is 5.82 Å². The lowest BCUT2D eigenvalue weighted by atomic mass is 10.0. The Hall–Kier alpha value is -3.87. The highest BCUT2D eigenvalue weighted by Crippen LogP contribution is 2.35. The maximum Gasteiger partial charge on any atom is 0.257 e. The summed E-state index contributed by atoms with van der Waals surface area (Å²) in [5, 5.41) is 0. The van der Waals surface area contributed by atoms with Gasteiger partial charge in [-0.15, -0.1) is 0 Å². The number of ether oxygens (including phenoxy) is 3. The second-order valence-electron chi connectivity index (χ2n) is 12.5. The van der Waals surface area contributed by atoms with Gasteiger partial charge in [-0.3, -0.25) is 14.7 Å². The molecular formula is C35H48FN7O4. The van der Waals surface area contributed by atoms with E-state index in [2.05, 4.69) is 36.7 Å². The number of carbonyl (C=O) groups excluding carboxylic acids is 1. The highest BCUT2D eigenvalue weighted by molar-refractivity contribution is 5.97. The van der Waals surface area contributed by atoms with E-state index in [-0.39, 0.29) is 29.4 Å². The van der Waals surface area contributed by atoms with Crippen molar-refractivity contribution in [1.82, 2.24) is 29.7 Å². The van der Waals surface area contributed by atoms with E-state index in [0.29, 0.717) is 31.2 Å². The molecule has 0 spiro atoms. The van der Waals surface area contributed by atoms with Crippen LogP contribution in [0.5, 0.6) is 17.2 Å². The van der Waals surface area contributed by atoms with E-state index in [0.717, 1.165) is 70.0 Å². The van der Waals surface area contributed by atoms with E-state index in [4.69, 9.17) is 14.2 Å². The van der Waals surface area contributed by atoms with Crippen LogP contribution in [0, 0.1) is 5.82 Å². The zero-order valence-corrected chi connectivity index (χ0v) is 28.3. The molecule has 254 valence electrons. The lowest BCUT2D eigenvalue weighted by Crippen LogP contribution is -2.40. The first-order valence-corrected chi connectivity index (χ1v) is 16.6. The van der Waals surface area contributed by atoms with Gasteiger partial charge in [-0.2, -0.15) is 0 Å². The normalized spacial score (nSPS) is 15.6. The summed E-state index contributed by atoms with van der Waals surface area (Å²) in [7, 11) is 3.87. The second-order valence-corrected chi connectivity index (χ2v) is 12.5. The Morgan fingerprint density at radius 3 is 2.64 bits per heavy atom. The van der Waals surface area contributed by atoms with Crippen molar-refractivity contribution in [1.29, 1.82) is 0 Å². The van der Waals surface area contributed by atoms with Gasteiger partial charge in [-0.1, -0.05) is 0 Å². The first kappa shape index (κ1) is 34.5. The molecule has 5 rings (SSSR count). The first-order valence-electron chi connectivity index (χ1n) is 16.6. The first-order chi connectivity index (χ1) is 22.8. The van der Waals surface area contributed by atoms with Gasteiger partial charge in [0.05, 0.1) is 18.4 Å². The van der Waals surface area contributed by atoms with Crippen LogP contribution in [0.15, 0.2) is 43.0 Å². The molecule has 1 amide bonds. The largest absolute Gasteiger partial charge is 0.490 e. The number of rotatable bonds is 14. The third kappa shape index (κ3) is 8.74. The number of methoxy groups -OCH3 is 1. The number of amides is 1. The standard InChI is InChI=1S/C35H48FN7O4/c1-6-43(25(2)3)35(44)28-21-26(36)7-8-31(28)47-33-22-37-24-39-34(33)42-15-10-27(11-16-42)46-32-9-13-38-30-12-14-41(23-29(30)32)18-17-40(4)19-20-45-5/h7-9,13,21-22,24-25,27H,6,10-12,14-20,23H2,1-5H3. The SMILES string of the molecule is CCN(C(=O)c1cc(F)ccc1Oc1cncnc1N1CCC(Oc2ccnc3c2CN(CCN(C)CCOC)CC3)CC1)C(C)C. The number of pyridine rings is 1. The third-order valence-electron chi connectivity index (χ3n) is 8.93. The summed E-state index contributed by atoms with van der Waals surface area (Å²) < 4.78 is 32.4. The Morgan fingerprint density at radius 2 is 1.89 bits per heavy atom. The van der Waals surface area contributed by atoms with Crippen LogP contribution in [0.3, 0.4) is 0 Å². The predicted molar refractivity (Wildman–Crippen MR) is 179 cm³/mol. The minimum atomic E-state index is -0.499. The molecule has 0 N–H and O–H groups in total. The molecule has 0 unspecified atom stereocenters. The number of hydrogen-bond donors (Lipinski definition) is 0. The monoisotopic (exact) mass is 649 g/mol. The molecule has 2 aliphatic heterocycles. The molecule has 47 heavy (non-hydrogen) atoms. The fourth-order valence-corrected chi connectivity index (χ4v) is 6.20. The van der Waals surface area contributed by atoms with Gasteiger partial charge < -0.3 is 28.9 Å². The number of nitrogens with zero attached hydrogens (tertiary/aromatic N) is 7. The smallest absolute Gasteiger partial charge is 0.257 e. The summed E-state index contributed by atoms with van der Waals surface area (Å²) in [5.41, 5.74) is 2.48. The van der Waals surface area contributed by atoms with Gasteiger partial charge in [0.25, 0.3) is 5.91 Å². The minimum Gasteiger partial charge on any atom is -0.490 e. The van der Waals surface area contributed by atoms with Crippen molar-refractivity contribution in [2.45, 2.75) is 58.7 Å². The fourth-order valence-electron chi connectivity index (χ4n) is 6.20. The molecule has 3 aromatic rings. The van der Waals surface area contributed by atoms with Crippen LogP contribution in [-0.2, 0) is 17.7 Å². The van der Waals surface area contributed by atoms with Gasteiger partial charge >= 0.3 is 0 Å². The molecule has 2 aromatic heterocycles. The number of aromatic nitrogens is 3. The van der Waals surface area contributed by atoms with Gasteiger partial charge in [0.1, 0.15) is 29.7 Å². The van der Waals surface area contributed by atoms with Crippen molar-refractivity contribution >= 4 is 11.7 Å². The highest BCUT2D eigenvalue weighted by atomic mass is 19.1. The minimum absolute atomic E-state index is 0.0439. The summed E-state index contributed by atoms with van der Waals surface area (Å²) in [6.45, 7) is 13.1. The van der Waals surface area contributed by atoms with Crippen molar-refractivity contribution < 1.29 is 23.4 Å². The Labute approximate surface area is 277 Å². The zero-order chi connectivity index (χ0) is 33.3. The van der Waals surface area contributed by atoms with Crippen molar-refractivity contribution in [3.8, 4) is 17.2 Å². The molecule has 0 atom stereocenters. The van der Waals surface area contributed by atoms with Crippen LogP contribution in [0.4, 0.5) is 10.2 Å². The molecule has 0 radical (unpaired) electrons. The molecule has 1 aromatic carbocycles. The van der Waals surface area contributed by atoms with E-state index in [1.807, 2.05) is 33.0 Å². The number of fused-ring (bicyclic) bond motifs is 1. The van der Waals surface area contributed by atoms with Crippen molar-refractivity contribution in [3.05, 3.63) is 65.6 Å². The molecule has 0 saturated carbocycles. The van der Waals surface area contributed by atoms with Gasteiger partial charge in [0, 0.05) is 102 Å². The summed E-state index contributed by atoms with van der Waals surface area (Å²) in [4.78, 5) is 35.4. The third-order valence-corrected chi connectivity index (χ3v) is 8.93. The van der Waals surface area contributed by atoms with Gasteiger partial charge in [0.15, 0.2) is 11.6 Å². The number of carbonyl (C=O) groups is 1. The molecule has 0 aliphatic carbocycles. The lowest BCUT2D eigenvalue weighted by molar-refractivity contribution is 0.0713. The summed E-state index contributed by atoms with van der Waals surface area (Å²) in [6, 6.07) is 5.97. The van der Waals surface area contributed by atoms with E-state index in [9.17, 15) is 9.18 Å². The number of halogens is 1. The molecular weight excluding hydrogens is 601 g/mol. The molecule has 0 bridgehead atoms. The zero-order valence-electron chi connectivity index (χ0n) is 28.3. The van der Waals surface area contributed by atoms with Crippen LogP contribution in [0.25, 0.3) is 0 Å². The lowest BCUT2D eigenvalue weighted by Gasteiger charge is -2.35. The van der Waals surface area contributed by atoms with Gasteiger partial charge in [0.2, 0.25) is 0 Å². The van der Waals surface area contributed by atoms with E-state index >= 15 is 0 Å². The van der Waals surface area contributed by atoms with Crippen LogP contribution < -0.4 is 14.4 Å².